The largest absolute Gasteiger partial charge is 0.417 e. The van der Waals surface area contributed by atoms with E-state index in [-0.39, 0.29) is 5.56 Å². The van der Waals surface area contributed by atoms with E-state index >= 15 is 0 Å². The van der Waals surface area contributed by atoms with Gasteiger partial charge in [-0.3, -0.25) is 4.79 Å². The van der Waals surface area contributed by atoms with Crippen molar-refractivity contribution in [3.63, 3.8) is 0 Å². The van der Waals surface area contributed by atoms with Crippen molar-refractivity contribution in [2.24, 2.45) is 0 Å². The summed E-state index contributed by atoms with van der Waals surface area (Å²) in [5.74, 6) is -0.598. The predicted molar refractivity (Wildman–Crippen MR) is 70.8 cm³/mol. The van der Waals surface area contributed by atoms with E-state index in [0.29, 0.717) is 11.1 Å². The molecule has 0 aliphatic heterocycles. The van der Waals surface area contributed by atoms with Crippen LogP contribution in [0.3, 0.4) is 0 Å². The molecule has 0 saturated heterocycles. The highest BCUT2D eigenvalue weighted by Gasteiger charge is 2.35. The van der Waals surface area contributed by atoms with Crippen LogP contribution in [-0.4, -0.2) is 5.78 Å². The van der Waals surface area contributed by atoms with E-state index in [4.69, 9.17) is 0 Å². The third kappa shape index (κ3) is 2.59. The van der Waals surface area contributed by atoms with E-state index < -0.39 is 17.5 Å². The normalized spacial score (nSPS) is 11.4. The Kier molecular flexibility index (Phi) is 3.66. The molecular formula is C16H13F3O. The van der Waals surface area contributed by atoms with Crippen molar-refractivity contribution in [3.8, 4) is 0 Å². The maximum Gasteiger partial charge on any atom is 0.417 e. The lowest BCUT2D eigenvalue weighted by Crippen LogP contribution is -2.14. The minimum Gasteiger partial charge on any atom is -0.289 e. The number of hydrogen-bond acceptors (Lipinski definition) is 1. The number of carbonyl (C=O) groups is 1. The molecule has 1 nitrogen and oxygen atoms in total. The van der Waals surface area contributed by atoms with Crippen LogP contribution in [0.5, 0.6) is 0 Å². The first kappa shape index (κ1) is 14.3. The minimum absolute atomic E-state index is 0.307. The van der Waals surface area contributed by atoms with Crippen molar-refractivity contribution in [1.82, 2.24) is 0 Å². The third-order valence-electron chi connectivity index (χ3n) is 3.33. The molecule has 104 valence electrons. The lowest BCUT2D eigenvalue weighted by atomic mass is 9.93. The molecule has 0 heterocycles. The molecule has 0 saturated carbocycles. The van der Waals surface area contributed by atoms with Gasteiger partial charge in [-0.1, -0.05) is 36.4 Å². The van der Waals surface area contributed by atoms with Gasteiger partial charge in [-0.2, -0.15) is 13.2 Å². The van der Waals surface area contributed by atoms with E-state index in [0.717, 1.165) is 11.6 Å². The Morgan fingerprint density at radius 2 is 1.50 bits per heavy atom. The Labute approximate surface area is 115 Å². The molecule has 2 aromatic rings. The van der Waals surface area contributed by atoms with Gasteiger partial charge in [0.1, 0.15) is 0 Å². The molecule has 0 aromatic heterocycles. The van der Waals surface area contributed by atoms with Gasteiger partial charge in [0, 0.05) is 11.1 Å². The number of aryl methyl sites for hydroxylation is 1. The fourth-order valence-corrected chi connectivity index (χ4v) is 2.07. The smallest absolute Gasteiger partial charge is 0.289 e. The Morgan fingerprint density at radius 3 is 2.15 bits per heavy atom. The van der Waals surface area contributed by atoms with Gasteiger partial charge in [-0.15, -0.1) is 0 Å². The molecule has 0 radical (unpaired) electrons. The number of carbonyl (C=O) groups excluding carboxylic acids is 1. The molecular weight excluding hydrogens is 265 g/mol. The zero-order chi connectivity index (χ0) is 14.9. The van der Waals surface area contributed by atoms with Gasteiger partial charge in [0.25, 0.3) is 0 Å². The van der Waals surface area contributed by atoms with Crippen LogP contribution in [0.15, 0.2) is 42.5 Å². The van der Waals surface area contributed by atoms with E-state index in [2.05, 4.69) is 0 Å². The number of rotatable bonds is 2. The average Bonchev–Trinajstić information content (AvgIpc) is 2.40. The van der Waals surface area contributed by atoms with Crippen LogP contribution in [-0.2, 0) is 6.18 Å². The van der Waals surface area contributed by atoms with Gasteiger partial charge < -0.3 is 0 Å². The topological polar surface area (TPSA) is 17.1 Å². The van der Waals surface area contributed by atoms with Gasteiger partial charge in [-0.05, 0) is 31.0 Å². The highest BCUT2D eigenvalue weighted by molar-refractivity contribution is 6.11. The van der Waals surface area contributed by atoms with Gasteiger partial charge in [0.05, 0.1) is 5.56 Å². The van der Waals surface area contributed by atoms with Crippen LogP contribution in [0.2, 0.25) is 0 Å². The maximum absolute atomic E-state index is 13.0. The second-order valence-electron chi connectivity index (χ2n) is 4.62. The standard InChI is InChI=1S/C16H13F3O/c1-10-6-5-8-12(11(10)2)15(20)13-7-3-4-9-14(13)16(17,18)19/h3-9H,1-2H3. The van der Waals surface area contributed by atoms with Crippen LogP contribution in [0, 0.1) is 13.8 Å². The molecule has 0 bridgehead atoms. The lowest BCUT2D eigenvalue weighted by molar-refractivity contribution is -0.137. The summed E-state index contributed by atoms with van der Waals surface area (Å²) in [5.41, 5.74) is 0.677. The van der Waals surface area contributed by atoms with Crippen molar-refractivity contribution in [3.05, 3.63) is 70.3 Å². The molecule has 20 heavy (non-hydrogen) atoms. The van der Waals surface area contributed by atoms with E-state index in [1.54, 1.807) is 19.1 Å². The summed E-state index contributed by atoms with van der Waals surface area (Å²) in [5, 5.41) is 0. The van der Waals surface area contributed by atoms with Crippen LogP contribution in [0.4, 0.5) is 13.2 Å². The van der Waals surface area contributed by atoms with Crippen molar-refractivity contribution in [2.75, 3.05) is 0 Å². The maximum atomic E-state index is 13.0. The summed E-state index contributed by atoms with van der Waals surface area (Å²) in [6.45, 7) is 3.56. The molecule has 0 unspecified atom stereocenters. The summed E-state index contributed by atoms with van der Waals surface area (Å²) in [6, 6.07) is 9.91. The van der Waals surface area contributed by atoms with Crippen molar-refractivity contribution in [1.29, 1.82) is 0 Å². The van der Waals surface area contributed by atoms with Gasteiger partial charge >= 0.3 is 6.18 Å². The van der Waals surface area contributed by atoms with E-state index in [9.17, 15) is 18.0 Å². The molecule has 0 atom stereocenters. The second-order valence-corrected chi connectivity index (χ2v) is 4.62. The molecule has 0 aliphatic rings. The van der Waals surface area contributed by atoms with Crippen LogP contribution in [0.25, 0.3) is 0 Å². The summed E-state index contributed by atoms with van der Waals surface area (Å²) in [7, 11) is 0. The summed E-state index contributed by atoms with van der Waals surface area (Å²) >= 11 is 0. The average molecular weight is 278 g/mol. The molecule has 2 aromatic carbocycles. The monoisotopic (exact) mass is 278 g/mol. The number of hydrogen-bond donors (Lipinski definition) is 0. The molecule has 0 spiro atoms. The second kappa shape index (κ2) is 5.12. The highest BCUT2D eigenvalue weighted by Crippen LogP contribution is 2.33. The number of ketones is 1. The Hall–Kier alpha value is -2.10. The first-order valence-electron chi connectivity index (χ1n) is 6.09. The first-order valence-corrected chi connectivity index (χ1v) is 6.09. The fourth-order valence-electron chi connectivity index (χ4n) is 2.07. The summed E-state index contributed by atoms with van der Waals surface area (Å²) in [4.78, 5) is 12.4. The molecule has 4 heteroatoms. The third-order valence-corrected chi connectivity index (χ3v) is 3.33. The van der Waals surface area contributed by atoms with Gasteiger partial charge in [0.15, 0.2) is 5.78 Å². The summed E-state index contributed by atoms with van der Waals surface area (Å²) in [6.07, 6.45) is -4.54. The number of halogens is 3. The van der Waals surface area contributed by atoms with Crippen LogP contribution in [0.1, 0.15) is 32.6 Å². The zero-order valence-electron chi connectivity index (χ0n) is 11.1. The van der Waals surface area contributed by atoms with Gasteiger partial charge in [-0.25, -0.2) is 0 Å². The predicted octanol–water partition coefficient (Wildman–Crippen LogP) is 4.55. The molecule has 0 aliphatic carbocycles. The van der Waals surface area contributed by atoms with Crippen molar-refractivity contribution < 1.29 is 18.0 Å². The Bertz CT molecular complexity index is 657. The van der Waals surface area contributed by atoms with Crippen molar-refractivity contribution in [2.45, 2.75) is 20.0 Å². The molecule has 2 rings (SSSR count). The van der Waals surface area contributed by atoms with Crippen molar-refractivity contribution >= 4 is 5.78 Å². The van der Waals surface area contributed by atoms with Gasteiger partial charge in [0.2, 0.25) is 0 Å². The minimum atomic E-state index is -4.54. The Morgan fingerprint density at radius 1 is 0.900 bits per heavy atom. The quantitative estimate of drug-likeness (QED) is 0.736. The molecule has 0 amide bonds. The van der Waals surface area contributed by atoms with Crippen LogP contribution < -0.4 is 0 Å². The molecule has 0 N–H and O–H groups in total. The summed E-state index contributed by atoms with van der Waals surface area (Å²) < 4.78 is 38.9. The number of alkyl halides is 3. The highest BCUT2D eigenvalue weighted by atomic mass is 19.4. The fraction of sp³-hybridized carbons (Fsp3) is 0.188. The van der Waals surface area contributed by atoms with E-state index in [1.165, 1.54) is 18.2 Å². The lowest BCUT2D eigenvalue weighted by Gasteiger charge is -2.13. The Balaban J connectivity index is 2.58. The number of benzene rings is 2. The van der Waals surface area contributed by atoms with Crippen LogP contribution >= 0.6 is 0 Å². The molecule has 0 fully saturated rings. The first-order chi connectivity index (χ1) is 9.32. The zero-order valence-corrected chi connectivity index (χ0v) is 11.1. The SMILES string of the molecule is Cc1cccc(C(=O)c2ccccc2C(F)(F)F)c1C. The van der Waals surface area contributed by atoms with E-state index in [1.807, 2.05) is 13.0 Å².